The number of morpholine rings is 1. The van der Waals surface area contributed by atoms with E-state index in [-0.39, 0.29) is 36.2 Å². The molecule has 3 heterocycles. The fourth-order valence-corrected chi connectivity index (χ4v) is 3.79. The predicted molar refractivity (Wildman–Crippen MR) is 134 cm³/mol. The number of nitrogens with zero attached hydrogens (tertiary/aromatic N) is 6. The first kappa shape index (κ1) is 26.7. The number of hydrogen-bond acceptors (Lipinski definition) is 6. The van der Waals surface area contributed by atoms with Crippen molar-refractivity contribution in [1.29, 1.82) is 0 Å². The Morgan fingerprint density at radius 1 is 1.25 bits per heavy atom. The van der Waals surface area contributed by atoms with Crippen molar-refractivity contribution in [3.05, 3.63) is 18.0 Å². The molecule has 3 rings (SSSR count). The van der Waals surface area contributed by atoms with E-state index >= 15 is 0 Å². The SMILES string of the molecule is CN=C(NCCN1CCN(C(=O)OC(C)(C)C)CC1)N1CCOC(c2cnn(C)c2)C1.I. The summed E-state index contributed by atoms with van der Waals surface area (Å²) in [6.45, 7) is 12.7. The molecule has 0 saturated carbocycles. The predicted octanol–water partition coefficient (Wildman–Crippen LogP) is 1.54. The minimum absolute atomic E-state index is 0. The zero-order valence-electron chi connectivity index (χ0n) is 19.9. The van der Waals surface area contributed by atoms with Crippen LogP contribution in [0.25, 0.3) is 0 Å². The van der Waals surface area contributed by atoms with Crippen molar-refractivity contribution in [3.63, 3.8) is 0 Å². The van der Waals surface area contributed by atoms with Gasteiger partial charge in [0.05, 0.1) is 19.3 Å². The van der Waals surface area contributed by atoms with Gasteiger partial charge in [0.15, 0.2) is 5.96 Å². The summed E-state index contributed by atoms with van der Waals surface area (Å²) in [5.41, 5.74) is 0.634. The summed E-state index contributed by atoms with van der Waals surface area (Å²) >= 11 is 0. The van der Waals surface area contributed by atoms with Gasteiger partial charge in [0, 0.05) is 71.7 Å². The van der Waals surface area contributed by atoms with Gasteiger partial charge in [-0.3, -0.25) is 14.6 Å². The van der Waals surface area contributed by atoms with Crippen molar-refractivity contribution in [3.8, 4) is 0 Å². The van der Waals surface area contributed by atoms with Crippen LogP contribution in [0.4, 0.5) is 4.79 Å². The zero-order valence-corrected chi connectivity index (χ0v) is 22.2. The molecule has 182 valence electrons. The molecule has 1 atom stereocenters. The van der Waals surface area contributed by atoms with Crippen LogP contribution in [0.5, 0.6) is 0 Å². The maximum Gasteiger partial charge on any atom is 0.410 e. The molecule has 2 aliphatic heterocycles. The Hall–Kier alpha value is -1.60. The van der Waals surface area contributed by atoms with Crippen LogP contribution in [0, 0.1) is 0 Å². The molecule has 1 aromatic rings. The first-order valence-corrected chi connectivity index (χ1v) is 11.0. The molecule has 10 nitrogen and oxygen atoms in total. The van der Waals surface area contributed by atoms with E-state index < -0.39 is 5.60 Å². The van der Waals surface area contributed by atoms with Gasteiger partial charge in [0.2, 0.25) is 0 Å². The number of halogens is 1. The molecule has 1 N–H and O–H groups in total. The average molecular weight is 563 g/mol. The highest BCUT2D eigenvalue weighted by atomic mass is 127. The lowest BCUT2D eigenvalue weighted by atomic mass is 10.1. The topological polar surface area (TPSA) is 87.5 Å². The van der Waals surface area contributed by atoms with Crippen LogP contribution < -0.4 is 5.32 Å². The maximum atomic E-state index is 12.2. The number of ether oxygens (including phenoxy) is 2. The monoisotopic (exact) mass is 563 g/mol. The molecule has 1 amide bonds. The normalized spacial score (nSPS) is 20.7. The summed E-state index contributed by atoms with van der Waals surface area (Å²) in [6.07, 6.45) is 3.64. The van der Waals surface area contributed by atoms with Crippen molar-refractivity contribution in [2.45, 2.75) is 32.5 Å². The minimum Gasteiger partial charge on any atom is -0.444 e. The van der Waals surface area contributed by atoms with E-state index in [9.17, 15) is 4.79 Å². The molecular weight excluding hydrogens is 525 g/mol. The Balaban J connectivity index is 0.00000363. The van der Waals surface area contributed by atoms with Crippen molar-refractivity contribution in [2.24, 2.45) is 12.0 Å². The van der Waals surface area contributed by atoms with Crippen molar-refractivity contribution < 1.29 is 14.3 Å². The summed E-state index contributed by atoms with van der Waals surface area (Å²) in [5.74, 6) is 0.893. The summed E-state index contributed by atoms with van der Waals surface area (Å²) < 4.78 is 13.2. The number of amides is 1. The number of carbonyl (C=O) groups excluding carboxylic acids is 1. The largest absolute Gasteiger partial charge is 0.444 e. The first-order chi connectivity index (χ1) is 14.7. The summed E-state index contributed by atoms with van der Waals surface area (Å²) in [5, 5.41) is 7.73. The van der Waals surface area contributed by atoms with E-state index in [1.807, 2.05) is 47.3 Å². The van der Waals surface area contributed by atoms with Gasteiger partial charge < -0.3 is 24.6 Å². The summed E-state index contributed by atoms with van der Waals surface area (Å²) in [6, 6.07) is 0. The third kappa shape index (κ3) is 7.77. The van der Waals surface area contributed by atoms with E-state index in [0.29, 0.717) is 19.7 Å². The first-order valence-electron chi connectivity index (χ1n) is 11.0. The van der Waals surface area contributed by atoms with Crippen LogP contribution in [0.1, 0.15) is 32.4 Å². The highest BCUT2D eigenvalue weighted by molar-refractivity contribution is 14.0. The lowest BCUT2D eigenvalue weighted by molar-refractivity contribution is -0.00811. The fourth-order valence-electron chi connectivity index (χ4n) is 3.79. The minimum atomic E-state index is -0.455. The van der Waals surface area contributed by atoms with Crippen LogP contribution in [-0.2, 0) is 16.5 Å². The number of hydrogen-bond donors (Lipinski definition) is 1. The average Bonchev–Trinajstić information content (AvgIpc) is 3.17. The number of piperazine rings is 1. The van der Waals surface area contributed by atoms with Gasteiger partial charge >= 0.3 is 6.09 Å². The zero-order chi connectivity index (χ0) is 22.4. The number of rotatable bonds is 4. The number of nitrogens with one attached hydrogen (secondary N) is 1. The van der Waals surface area contributed by atoms with E-state index in [0.717, 1.165) is 50.8 Å². The van der Waals surface area contributed by atoms with E-state index in [1.165, 1.54) is 0 Å². The molecule has 0 radical (unpaired) electrons. The fraction of sp³-hybridized carbons (Fsp3) is 0.762. The molecule has 1 unspecified atom stereocenters. The van der Waals surface area contributed by atoms with Crippen LogP contribution in [0.2, 0.25) is 0 Å². The second-order valence-electron chi connectivity index (χ2n) is 9.04. The molecule has 0 aliphatic carbocycles. The van der Waals surface area contributed by atoms with E-state index in [4.69, 9.17) is 9.47 Å². The van der Waals surface area contributed by atoms with E-state index in [2.05, 4.69) is 25.2 Å². The number of aliphatic imine (C=N–C) groups is 1. The van der Waals surface area contributed by atoms with Crippen LogP contribution in [0.15, 0.2) is 17.4 Å². The van der Waals surface area contributed by atoms with Crippen molar-refractivity contribution >= 4 is 36.0 Å². The molecule has 2 fully saturated rings. The van der Waals surface area contributed by atoms with Gasteiger partial charge in [-0.15, -0.1) is 24.0 Å². The third-order valence-electron chi connectivity index (χ3n) is 5.41. The number of carbonyl (C=O) groups is 1. The number of aromatic nitrogens is 2. The molecule has 1 aromatic heterocycles. The Morgan fingerprint density at radius 3 is 2.56 bits per heavy atom. The van der Waals surface area contributed by atoms with E-state index in [1.54, 1.807) is 9.58 Å². The molecule has 2 saturated heterocycles. The van der Waals surface area contributed by atoms with Gasteiger partial charge in [-0.05, 0) is 20.8 Å². The van der Waals surface area contributed by atoms with Gasteiger partial charge in [-0.25, -0.2) is 4.79 Å². The van der Waals surface area contributed by atoms with Crippen molar-refractivity contribution in [1.82, 2.24) is 29.8 Å². The van der Waals surface area contributed by atoms with Crippen LogP contribution >= 0.6 is 24.0 Å². The van der Waals surface area contributed by atoms with Gasteiger partial charge in [-0.2, -0.15) is 5.10 Å². The Kier molecular flexibility index (Phi) is 10.0. The molecule has 0 bridgehead atoms. The highest BCUT2D eigenvalue weighted by Gasteiger charge is 2.27. The Labute approximate surface area is 208 Å². The summed E-state index contributed by atoms with van der Waals surface area (Å²) in [7, 11) is 3.73. The maximum absolute atomic E-state index is 12.2. The molecular formula is C21H38IN7O3. The standard InChI is InChI=1S/C21H37N7O3.HI/c1-21(2,3)31-20(29)27-10-8-26(9-11-27)7-6-23-19(22-4)28-12-13-30-18(16-28)17-14-24-25(5)15-17;/h14-15,18H,6-13,16H2,1-5H3,(H,22,23);1H. The van der Waals surface area contributed by atoms with Crippen LogP contribution in [0.3, 0.4) is 0 Å². The van der Waals surface area contributed by atoms with Gasteiger partial charge in [0.1, 0.15) is 11.7 Å². The molecule has 0 aromatic carbocycles. The lowest BCUT2D eigenvalue weighted by Gasteiger charge is -2.36. The third-order valence-corrected chi connectivity index (χ3v) is 5.41. The highest BCUT2D eigenvalue weighted by Crippen LogP contribution is 2.21. The Bertz CT molecular complexity index is 757. The summed E-state index contributed by atoms with van der Waals surface area (Å²) in [4.78, 5) is 23.1. The molecule has 32 heavy (non-hydrogen) atoms. The van der Waals surface area contributed by atoms with Gasteiger partial charge in [-0.1, -0.05) is 0 Å². The van der Waals surface area contributed by atoms with Crippen molar-refractivity contribution in [2.75, 3.05) is 66.0 Å². The smallest absolute Gasteiger partial charge is 0.410 e. The quantitative estimate of drug-likeness (QED) is 0.338. The second kappa shape index (κ2) is 12.0. The number of guanidine groups is 1. The molecule has 2 aliphatic rings. The lowest BCUT2D eigenvalue weighted by Crippen LogP contribution is -2.52. The molecule has 11 heteroatoms. The number of aryl methyl sites for hydroxylation is 1. The Morgan fingerprint density at radius 2 is 1.97 bits per heavy atom. The van der Waals surface area contributed by atoms with Crippen LogP contribution in [-0.4, -0.2) is 108 Å². The van der Waals surface area contributed by atoms with Gasteiger partial charge in [0.25, 0.3) is 0 Å². The molecule has 0 spiro atoms. The second-order valence-corrected chi connectivity index (χ2v) is 9.04.